The molecule has 1 amide bonds. The molecule has 0 aromatic rings. The Morgan fingerprint density at radius 3 is 2.45 bits per heavy atom. The summed E-state index contributed by atoms with van der Waals surface area (Å²) in [5, 5.41) is 12.2. The van der Waals surface area contributed by atoms with Crippen LogP contribution in [0.25, 0.3) is 0 Å². The molecular formula is C8H15NO2. The first-order valence-electron chi connectivity index (χ1n) is 3.96. The molecule has 1 aliphatic carbocycles. The van der Waals surface area contributed by atoms with Crippen molar-refractivity contribution in [2.24, 2.45) is 5.92 Å². The second-order valence-corrected chi connectivity index (χ2v) is 3.80. The minimum Gasteiger partial charge on any atom is -0.390 e. The van der Waals surface area contributed by atoms with Crippen LogP contribution < -0.4 is 5.32 Å². The van der Waals surface area contributed by atoms with E-state index in [-0.39, 0.29) is 0 Å². The van der Waals surface area contributed by atoms with Gasteiger partial charge < -0.3 is 10.4 Å². The number of hydrogen-bond donors (Lipinski definition) is 2. The molecule has 1 saturated carbocycles. The SMILES string of the molecule is CC(C)(O)C1CC(NC=O)C1. The Bertz CT molecular complexity index is 145. The number of aliphatic hydroxyl groups is 1. The van der Waals surface area contributed by atoms with Crippen LogP contribution in [0.2, 0.25) is 0 Å². The third kappa shape index (κ3) is 1.93. The van der Waals surface area contributed by atoms with Crippen LogP contribution in [0.4, 0.5) is 0 Å². The van der Waals surface area contributed by atoms with Crippen molar-refractivity contribution in [3.8, 4) is 0 Å². The Balaban J connectivity index is 2.24. The van der Waals surface area contributed by atoms with Gasteiger partial charge in [-0.1, -0.05) is 0 Å². The predicted octanol–water partition coefficient (Wildman–Crippen LogP) is 0.282. The van der Waals surface area contributed by atoms with Gasteiger partial charge in [-0.05, 0) is 32.6 Å². The van der Waals surface area contributed by atoms with E-state index in [1.54, 1.807) is 0 Å². The van der Waals surface area contributed by atoms with Gasteiger partial charge in [0.05, 0.1) is 5.60 Å². The predicted molar refractivity (Wildman–Crippen MR) is 42.0 cm³/mol. The van der Waals surface area contributed by atoms with Gasteiger partial charge in [-0.15, -0.1) is 0 Å². The molecular weight excluding hydrogens is 142 g/mol. The van der Waals surface area contributed by atoms with Crippen LogP contribution in [0.15, 0.2) is 0 Å². The normalized spacial score (nSPS) is 30.8. The molecule has 0 heterocycles. The monoisotopic (exact) mass is 157 g/mol. The van der Waals surface area contributed by atoms with E-state index in [2.05, 4.69) is 5.32 Å². The van der Waals surface area contributed by atoms with E-state index >= 15 is 0 Å². The maximum atomic E-state index is 9.99. The Morgan fingerprint density at radius 2 is 2.09 bits per heavy atom. The zero-order valence-electron chi connectivity index (χ0n) is 7.00. The van der Waals surface area contributed by atoms with Crippen LogP contribution in [-0.2, 0) is 4.79 Å². The van der Waals surface area contributed by atoms with Crippen molar-refractivity contribution in [1.29, 1.82) is 0 Å². The Kier molecular flexibility index (Phi) is 2.18. The van der Waals surface area contributed by atoms with Gasteiger partial charge in [0.25, 0.3) is 0 Å². The molecule has 2 N–H and O–H groups in total. The number of carbonyl (C=O) groups excluding carboxylic acids is 1. The lowest BCUT2D eigenvalue weighted by atomic mass is 9.71. The van der Waals surface area contributed by atoms with Gasteiger partial charge in [0.15, 0.2) is 0 Å². The number of carbonyl (C=O) groups is 1. The van der Waals surface area contributed by atoms with Crippen molar-refractivity contribution in [3.05, 3.63) is 0 Å². The summed E-state index contributed by atoms with van der Waals surface area (Å²) in [6.07, 6.45) is 2.54. The molecule has 0 atom stereocenters. The third-order valence-corrected chi connectivity index (χ3v) is 2.44. The van der Waals surface area contributed by atoms with Crippen molar-refractivity contribution in [2.75, 3.05) is 0 Å². The fourth-order valence-electron chi connectivity index (χ4n) is 1.43. The highest BCUT2D eigenvalue weighted by atomic mass is 16.3. The second kappa shape index (κ2) is 2.81. The minimum absolute atomic E-state index is 0.295. The Labute approximate surface area is 66.8 Å². The summed E-state index contributed by atoms with van der Waals surface area (Å²) in [7, 11) is 0. The van der Waals surface area contributed by atoms with E-state index in [9.17, 15) is 9.90 Å². The topological polar surface area (TPSA) is 49.3 Å². The van der Waals surface area contributed by atoms with Crippen molar-refractivity contribution >= 4 is 6.41 Å². The van der Waals surface area contributed by atoms with Gasteiger partial charge in [-0.2, -0.15) is 0 Å². The van der Waals surface area contributed by atoms with Gasteiger partial charge in [0.2, 0.25) is 6.41 Å². The standard InChI is InChI=1S/C8H15NO2/c1-8(2,11)6-3-7(4-6)9-5-10/h5-7,11H,3-4H2,1-2H3,(H,9,10). The van der Waals surface area contributed by atoms with Crippen LogP contribution in [0.1, 0.15) is 26.7 Å². The van der Waals surface area contributed by atoms with E-state index in [4.69, 9.17) is 0 Å². The largest absolute Gasteiger partial charge is 0.390 e. The van der Waals surface area contributed by atoms with Gasteiger partial charge >= 0.3 is 0 Å². The van der Waals surface area contributed by atoms with E-state index in [1.165, 1.54) is 0 Å². The molecule has 3 heteroatoms. The maximum absolute atomic E-state index is 9.99. The molecule has 3 nitrogen and oxygen atoms in total. The van der Waals surface area contributed by atoms with E-state index in [0.29, 0.717) is 12.0 Å². The highest BCUT2D eigenvalue weighted by molar-refractivity contribution is 5.47. The van der Waals surface area contributed by atoms with Crippen LogP contribution >= 0.6 is 0 Å². The maximum Gasteiger partial charge on any atom is 0.207 e. The average molecular weight is 157 g/mol. The van der Waals surface area contributed by atoms with E-state index < -0.39 is 5.60 Å². The highest BCUT2D eigenvalue weighted by Crippen LogP contribution is 2.35. The quantitative estimate of drug-likeness (QED) is 0.578. The molecule has 1 rings (SSSR count). The van der Waals surface area contributed by atoms with E-state index in [1.807, 2.05) is 13.8 Å². The molecule has 0 unspecified atom stereocenters. The summed E-state index contributed by atoms with van der Waals surface area (Å²) in [5.74, 6) is 0.347. The number of rotatable bonds is 3. The summed E-state index contributed by atoms with van der Waals surface area (Å²) in [5.41, 5.74) is -0.582. The first kappa shape index (κ1) is 8.53. The Hall–Kier alpha value is -0.570. The zero-order valence-corrected chi connectivity index (χ0v) is 7.00. The Morgan fingerprint density at radius 1 is 1.55 bits per heavy atom. The first-order valence-corrected chi connectivity index (χ1v) is 3.96. The summed E-state index contributed by atoms with van der Waals surface area (Å²) in [6.45, 7) is 3.63. The van der Waals surface area contributed by atoms with Gasteiger partial charge in [0.1, 0.15) is 0 Å². The van der Waals surface area contributed by atoms with Crippen molar-refractivity contribution < 1.29 is 9.90 Å². The zero-order chi connectivity index (χ0) is 8.48. The summed E-state index contributed by atoms with van der Waals surface area (Å²) < 4.78 is 0. The lowest BCUT2D eigenvalue weighted by Crippen LogP contribution is -2.48. The molecule has 0 saturated heterocycles. The van der Waals surface area contributed by atoms with Crippen molar-refractivity contribution in [1.82, 2.24) is 5.32 Å². The van der Waals surface area contributed by atoms with Crippen LogP contribution in [-0.4, -0.2) is 23.2 Å². The lowest BCUT2D eigenvalue weighted by Gasteiger charge is -2.42. The van der Waals surface area contributed by atoms with Gasteiger partial charge in [-0.3, -0.25) is 4.79 Å². The molecule has 0 radical (unpaired) electrons. The minimum atomic E-state index is -0.582. The molecule has 0 aromatic heterocycles. The summed E-state index contributed by atoms with van der Waals surface area (Å²) in [4.78, 5) is 9.99. The molecule has 0 bridgehead atoms. The van der Waals surface area contributed by atoms with Crippen LogP contribution in [0.3, 0.4) is 0 Å². The molecule has 0 aromatic carbocycles. The van der Waals surface area contributed by atoms with Crippen LogP contribution in [0.5, 0.6) is 0 Å². The van der Waals surface area contributed by atoms with Gasteiger partial charge in [-0.25, -0.2) is 0 Å². The smallest absolute Gasteiger partial charge is 0.207 e. The van der Waals surface area contributed by atoms with Crippen molar-refractivity contribution in [3.63, 3.8) is 0 Å². The molecule has 64 valence electrons. The fourth-order valence-corrected chi connectivity index (χ4v) is 1.43. The van der Waals surface area contributed by atoms with Crippen molar-refractivity contribution in [2.45, 2.75) is 38.3 Å². The molecule has 1 fully saturated rings. The van der Waals surface area contributed by atoms with Crippen LogP contribution in [0, 0.1) is 5.92 Å². The average Bonchev–Trinajstić information content (AvgIpc) is 1.74. The number of nitrogens with one attached hydrogen (secondary N) is 1. The summed E-state index contributed by atoms with van der Waals surface area (Å²) >= 11 is 0. The highest BCUT2D eigenvalue weighted by Gasteiger charge is 2.38. The first-order chi connectivity index (χ1) is 5.04. The number of amides is 1. The summed E-state index contributed by atoms with van der Waals surface area (Å²) in [6, 6.07) is 0.295. The number of hydrogen-bond acceptors (Lipinski definition) is 2. The molecule has 0 spiro atoms. The van der Waals surface area contributed by atoms with E-state index in [0.717, 1.165) is 19.3 Å². The lowest BCUT2D eigenvalue weighted by molar-refractivity contribution is -0.112. The van der Waals surface area contributed by atoms with Gasteiger partial charge in [0, 0.05) is 6.04 Å². The second-order valence-electron chi connectivity index (χ2n) is 3.80. The molecule has 0 aliphatic heterocycles. The third-order valence-electron chi connectivity index (χ3n) is 2.44. The fraction of sp³-hybridized carbons (Fsp3) is 0.875. The molecule has 1 aliphatic rings. The molecule has 11 heavy (non-hydrogen) atoms.